The second-order valence-electron chi connectivity index (χ2n) is 5.96. The van der Waals surface area contributed by atoms with Crippen molar-refractivity contribution in [3.63, 3.8) is 0 Å². The molecule has 1 aromatic rings. The molecular formula is C15H24N2O3S. The van der Waals surface area contributed by atoms with Crippen LogP contribution in [0.3, 0.4) is 0 Å². The van der Waals surface area contributed by atoms with Gasteiger partial charge in [0.2, 0.25) is 10.0 Å². The number of anilines is 1. The molecule has 0 bridgehead atoms. The van der Waals surface area contributed by atoms with Crippen LogP contribution in [0, 0.1) is 0 Å². The van der Waals surface area contributed by atoms with Crippen molar-refractivity contribution < 1.29 is 13.2 Å². The molecule has 21 heavy (non-hydrogen) atoms. The third kappa shape index (κ3) is 5.21. The Balaban J connectivity index is 1.83. The standard InChI is InChI=1S/C15H24N2O3S/c1-15(8-3-2-4-9-15)17-21(18,19)11-10-20-14-7-5-6-13(16)12-14/h5-7,12,17H,2-4,8-11,16H2,1H3. The molecule has 0 spiro atoms. The van der Waals surface area contributed by atoms with Crippen LogP contribution in [0.25, 0.3) is 0 Å². The number of hydrogen-bond donors (Lipinski definition) is 2. The largest absolute Gasteiger partial charge is 0.492 e. The van der Waals surface area contributed by atoms with Crippen molar-refractivity contribution >= 4 is 15.7 Å². The van der Waals surface area contributed by atoms with Gasteiger partial charge in [-0.3, -0.25) is 0 Å². The van der Waals surface area contributed by atoms with Gasteiger partial charge in [-0.1, -0.05) is 25.3 Å². The second kappa shape index (κ2) is 6.66. The van der Waals surface area contributed by atoms with E-state index in [1.165, 1.54) is 6.42 Å². The van der Waals surface area contributed by atoms with Gasteiger partial charge in [-0.05, 0) is 31.9 Å². The molecule has 0 atom stereocenters. The van der Waals surface area contributed by atoms with Crippen LogP contribution >= 0.6 is 0 Å². The highest BCUT2D eigenvalue weighted by atomic mass is 32.2. The van der Waals surface area contributed by atoms with Gasteiger partial charge in [0.15, 0.2) is 0 Å². The molecule has 0 radical (unpaired) electrons. The fourth-order valence-electron chi connectivity index (χ4n) is 2.73. The summed E-state index contributed by atoms with van der Waals surface area (Å²) in [5.74, 6) is 0.547. The average Bonchev–Trinajstić information content (AvgIpc) is 2.38. The van der Waals surface area contributed by atoms with Crippen molar-refractivity contribution in [2.24, 2.45) is 0 Å². The van der Waals surface area contributed by atoms with Crippen molar-refractivity contribution in [1.29, 1.82) is 0 Å². The minimum Gasteiger partial charge on any atom is -0.492 e. The molecule has 2 rings (SSSR count). The number of sulfonamides is 1. The predicted molar refractivity (Wildman–Crippen MR) is 84.8 cm³/mol. The van der Waals surface area contributed by atoms with Crippen LogP contribution in [0.15, 0.2) is 24.3 Å². The number of benzene rings is 1. The number of nitrogens with one attached hydrogen (secondary N) is 1. The number of hydrogen-bond acceptors (Lipinski definition) is 4. The fraction of sp³-hybridized carbons (Fsp3) is 0.600. The van der Waals surface area contributed by atoms with Gasteiger partial charge >= 0.3 is 0 Å². The molecule has 1 aliphatic carbocycles. The normalized spacial score (nSPS) is 18.3. The van der Waals surface area contributed by atoms with E-state index in [0.29, 0.717) is 11.4 Å². The number of nitrogen functional groups attached to an aromatic ring is 1. The Morgan fingerprint density at radius 3 is 2.67 bits per heavy atom. The molecule has 3 N–H and O–H groups in total. The molecule has 0 amide bonds. The smallest absolute Gasteiger partial charge is 0.215 e. The first-order valence-corrected chi connectivity index (χ1v) is 9.04. The maximum absolute atomic E-state index is 12.1. The third-order valence-electron chi connectivity index (χ3n) is 3.84. The van der Waals surface area contributed by atoms with Gasteiger partial charge in [0.05, 0.1) is 5.75 Å². The van der Waals surface area contributed by atoms with E-state index in [4.69, 9.17) is 10.5 Å². The van der Waals surface area contributed by atoms with Gasteiger partial charge in [0.1, 0.15) is 12.4 Å². The highest BCUT2D eigenvalue weighted by molar-refractivity contribution is 7.89. The van der Waals surface area contributed by atoms with E-state index >= 15 is 0 Å². The molecule has 5 nitrogen and oxygen atoms in total. The topological polar surface area (TPSA) is 81.4 Å². The minimum absolute atomic E-state index is 0.0443. The van der Waals surface area contributed by atoms with Crippen LogP contribution in [0.5, 0.6) is 5.75 Å². The Bertz CT molecular complexity index is 566. The Kier molecular flexibility index (Phi) is 5.11. The molecule has 6 heteroatoms. The lowest BCUT2D eigenvalue weighted by atomic mass is 9.84. The zero-order valence-corrected chi connectivity index (χ0v) is 13.3. The Labute approximate surface area is 126 Å². The van der Waals surface area contributed by atoms with E-state index in [1.807, 2.05) is 6.92 Å². The molecule has 1 aromatic carbocycles. The van der Waals surface area contributed by atoms with Crippen molar-refractivity contribution in [3.8, 4) is 5.75 Å². The lowest BCUT2D eigenvalue weighted by Crippen LogP contribution is -2.48. The molecule has 1 saturated carbocycles. The maximum Gasteiger partial charge on any atom is 0.215 e. The Hall–Kier alpha value is -1.27. The average molecular weight is 312 g/mol. The number of rotatable bonds is 6. The van der Waals surface area contributed by atoms with Crippen LogP contribution in [0.4, 0.5) is 5.69 Å². The highest BCUT2D eigenvalue weighted by Crippen LogP contribution is 2.28. The lowest BCUT2D eigenvalue weighted by Gasteiger charge is -2.34. The zero-order chi connectivity index (χ0) is 15.3. The number of ether oxygens (including phenoxy) is 1. The highest BCUT2D eigenvalue weighted by Gasteiger charge is 2.31. The van der Waals surface area contributed by atoms with Crippen LogP contribution in [-0.2, 0) is 10.0 Å². The third-order valence-corrected chi connectivity index (χ3v) is 5.35. The van der Waals surface area contributed by atoms with Gasteiger partial charge in [0.25, 0.3) is 0 Å². The molecule has 1 aliphatic rings. The summed E-state index contributed by atoms with van der Waals surface area (Å²) in [6, 6.07) is 6.98. The van der Waals surface area contributed by atoms with E-state index in [9.17, 15) is 8.42 Å². The maximum atomic E-state index is 12.1. The van der Waals surface area contributed by atoms with Crippen LogP contribution in [0.1, 0.15) is 39.0 Å². The van der Waals surface area contributed by atoms with Crippen molar-refractivity contribution in [2.45, 2.75) is 44.6 Å². The van der Waals surface area contributed by atoms with E-state index in [-0.39, 0.29) is 17.9 Å². The van der Waals surface area contributed by atoms with Crippen LogP contribution < -0.4 is 15.2 Å². The van der Waals surface area contributed by atoms with Crippen LogP contribution in [-0.4, -0.2) is 26.3 Å². The summed E-state index contributed by atoms with van der Waals surface area (Å²) in [7, 11) is -3.33. The van der Waals surface area contributed by atoms with Crippen molar-refractivity contribution in [2.75, 3.05) is 18.1 Å². The van der Waals surface area contributed by atoms with E-state index in [0.717, 1.165) is 25.7 Å². The molecule has 0 aliphatic heterocycles. The molecule has 0 aromatic heterocycles. The van der Waals surface area contributed by atoms with Crippen molar-refractivity contribution in [3.05, 3.63) is 24.3 Å². The van der Waals surface area contributed by atoms with Gasteiger partial charge in [0, 0.05) is 17.3 Å². The second-order valence-corrected chi connectivity index (χ2v) is 7.81. The SMILES string of the molecule is CC1(NS(=O)(=O)CCOc2cccc(N)c2)CCCCC1. The minimum atomic E-state index is -3.33. The Morgan fingerprint density at radius 2 is 2.00 bits per heavy atom. The monoisotopic (exact) mass is 312 g/mol. The van der Waals surface area contributed by atoms with Gasteiger partial charge < -0.3 is 10.5 Å². The molecule has 0 heterocycles. The number of nitrogens with two attached hydrogens (primary N) is 1. The summed E-state index contributed by atoms with van der Waals surface area (Å²) < 4.78 is 32.6. The van der Waals surface area contributed by atoms with Gasteiger partial charge in [-0.15, -0.1) is 0 Å². The summed E-state index contributed by atoms with van der Waals surface area (Å²) >= 11 is 0. The zero-order valence-electron chi connectivity index (χ0n) is 12.5. The Morgan fingerprint density at radius 1 is 1.29 bits per heavy atom. The molecule has 0 unspecified atom stereocenters. The van der Waals surface area contributed by atoms with Gasteiger partial charge in [-0.25, -0.2) is 13.1 Å². The van der Waals surface area contributed by atoms with E-state index in [1.54, 1.807) is 24.3 Å². The fourth-order valence-corrected chi connectivity index (χ4v) is 4.09. The first-order valence-electron chi connectivity index (χ1n) is 7.39. The van der Waals surface area contributed by atoms with E-state index < -0.39 is 10.0 Å². The predicted octanol–water partition coefficient (Wildman–Crippen LogP) is 2.29. The molecular weight excluding hydrogens is 288 g/mol. The van der Waals surface area contributed by atoms with Crippen molar-refractivity contribution in [1.82, 2.24) is 4.72 Å². The lowest BCUT2D eigenvalue weighted by molar-refractivity contribution is 0.291. The molecule has 1 fully saturated rings. The summed E-state index contributed by atoms with van der Waals surface area (Å²) in [5.41, 5.74) is 5.95. The van der Waals surface area contributed by atoms with Crippen LogP contribution in [0.2, 0.25) is 0 Å². The first kappa shape index (κ1) is 16.1. The summed E-state index contributed by atoms with van der Waals surface area (Å²) in [6.45, 7) is 2.11. The summed E-state index contributed by atoms with van der Waals surface area (Å²) in [4.78, 5) is 0. The summed E-state index contributed by atoms with van der Waals surface area (Å²) in [5, 5.41) is 0. The molecule has 0 saturated heterocycles. The first-order chi connectivity index (χ1) is 9.89. The molecule has 118 valence electrons. The van der Waals surface area contributed by atoms with E-state index in [2.05, 4.69) is 4.72 Å². The summed E-state index contributed by atoms with van der Waals surface area (Å²) in [6.07, 6.45) is 5.16. The quantitative estimate of drug-likeness (QED) is 0.790. The van der Waals surface area contributed by atoms with Gasteiger partial charge in [-0.2, -0.15) is 0 Å².